The quantitative estimate of drug-likeness (QED) is 0.549. The maximum atomic E-state index is 14.8. The summed E-state index contributed by atoms with van der Waals surface area (Å²) in [5, 5.41) is 15.8. The van der Waals surface area contributed by atoms with E-state index in [1.165, 1.54) is 41.2 Å². The van der Waals surface area contributed by atoms with Gasteiger partial charge in [0, 0.05) is 18.0 Å². The smallest absolute Gasteiger partial charge is 0.252 e. The molecule has 1 amide bonds. The number of carbonyl (C=O) groups excluding carboxylic acids is 1. The first-order valence-corrected chi connectivity index (χ1v) is 10.3. The minimum Gasteiger partial charge on any atom is -0.393 e. The highest BCUT2D eigenvalue weighted by atomic mass is 19.1. The summed E-state index contributed by atoms with van der Waals surface area (Å²) >= 11 is 0. The molecule has 2 aromatic carbocycles. The van der Waals surface area contributed by atoms with Gasteiger partial charge in [0.05, 0.1) is 37.0 Å². The van der Waals surface area contributed by atoms with Crippen molar-refractivity contribution in [2.45, 2.75) is 18.8 Å². The number of aliphatic imine (C=N–C) groups is 1. The number of hydrogen-bond donors (Lipinski definition) is 2. The number of halogens is 3. The summed E-state index contributed by atoms with van der Waals surface area (Å²) in [7, 11) is 0. The monoisotopic (exact) mass is 454 g/mol. The number of nitrogens with zero attached hydrogens (tertiary/aromatic N) is 3. The molecule has 0 fully saturated rings. The second-order valence-corrected chi connectivity index (χ2v) is 7.55. The molecule has 3 aromatic rings. The van der Waals surface area contributed by atoms with Crippen molar-refractivity contribution in [2.24, 2.45) is 4.99 Å². The van der Waals surface area contributed by atoms with Crippen molar-refractivity contribution >= 4 is 17.2 Å². The fraction of sp³-hybridized carbons (Fsp3) is 0.208. The molecule has 1 aliphatic rings. The molecule has 9 heteroatoms. The Bertz CT molecular complexity index is 1190. The SMILES string of the molecule is O=C(N[C@@H](Cn1cccn1)[C@H](F)CO)c1cccc(F)c1C1=NCC(c2ccc(F)cc2)=C1. The maximum Gasteiger partial charge on any atom is 0.252 e. The lowest BCUT2D eigenvalue weighted by molar-refractivity contribution is 0.0849. The van der Waals surface area contributed by atoms with Gasteiger partial charge in [-0.05, 0) is 47.5 Å². The molecular weight excluding hydrogens is 433 g/mol. The Balaban J connectivity index is 1.61. The predicted molar refractivity (Wildman–Crippen MR) is 118 cm³/mol. The Morgan fingerprint density at radius 3 is 2.64 bits per heavy atom. The van der Waals surface area contributed by atoms with Crippen LogP contribution in [0.25, 0.3) is 5.57 Å². The Kier molecular flexibility index (Phi) is 6.69. The number of alkyl halides is 1. The zero-order chi connectivity index (χ0) is 23.4. The summed E-state index contributed by atoms with van der Waals surface area (Å²) in [6.07, 6.45) is 3.02. The number of benzene rings is 2. The van der Waals surface area contributed by atoms with Crippen LogP contribution in [0.4, 0.5) is 13.2 Å². The van der Waals surface area contributed by atoms with Crippen LogP contribution in [0.3, 0.4) is 0 Å². The van der Waals surface area contributed by atoms with Gasteiger partial charge in [0.15, 0.2) is 0 Å². The minimum absolute atomic E-state index is 0.00985. The molecule has 0 spiro atoms. The van der Waals surface area contributed by atoms with Crippen molar-refractivity contribution in [1.29, 1.82) is 0 Å². The van der Waals surface area contributed by atoms with Crippen molar-refractivity contribution < 1.29 is 23.1 Å². The van der Waals surface area contributed by atoms with Crippen molar-refractivity contribution in [1.82, 2.24) is 15.1 Å². The van der Waals surface area contributed by atoms with Crippen LogP contribution in [0.2, 0.25) is 0 Å². The van der Waals surface area contributed by atoms with Crippen LogP contribution in [0.15, 0.2) is 72.0 Å². The molecule has 2 N–H and O–H groups in total. The molecule has 0 saturated heterocycles. The van der Waals surface area contributed by atoms with Gasteiger partial charge in [0.1, 0.15) is 17.8 Å². The van der Waals surface area contributed by atoms with Gasteiger partial charge >= 0.3 is 0 Å². The number of aromatic nitrogens is 2. The average molecular weight is 454 g/mol. The van der Waals surface area contributed by atoms with Crippen LogP contribution in [0.1, 0.15) is 21.5 Å². The lowest BCUT2D eigenvalue weighted by Crippen LogP contribution is -2.46. The summed E-state index contributed by atoms with van der Waals surface area (Å²) < 4.78 is 43.9. The number of hydrogen-bond acceptors (Lipinski definition) is 4. The van der Waals surface area contributed by atoms with Gasteiger partial charge in [0.25, 0.3) is 5.91 Å². The third kappa shape index (κ3) is 5.04. The highest BCUT2D eigenvalue weighted by Gasteiger charge is 2.27. The first-order valence-electron chi connectivity index (χ1n) is 10.3. The van der Waals surface area contributed by atoms with Gasteiger partial charge in [0.2, 0.25) is 0 Å². The number of rotatable bonds is 8. The normalized spacial score (nSPS) is 15.0. The summed E-state index contributed by atoms with van der Waals surface area (Å²) in [5.74, 6) is -1.73. The van der Waals surface area contributed by atoms with E-state index in [0.717, 1.165) is 11.1 Å². The zero-order valence-electron chi connectivity index (χ0n) is 17.5. The van der Waals surface area contributed by atoms with Gasteiger partial charge in [-0.1, -0.05) is 18.2 Å². The molecule has 1 aromatic heterocycles. The molecule has 6 nitrogen and oxygen atoms in total. The Labute approximate surface area is 188 Å². The second kappa shape index (κ2) is 9.83. The van der Waals surface area contributed by atoms with Crippen LogP contribution in [0, 0.1) is 11.6 Å². The predicted octanol–water partition coefficient (Wildman–Crippen LogP) is 3.18. The van der Waals surface area contributed by atoms with Crippen molar-refractivity contribution in [3.63, 3.8) is 0 Å². The highest BCUT2D eigenvalue weighted by molar-refractivity contribution is 6.19. The first kappa shape index (κ1) is 22.5. The number of allylic oxidation sites excluding steroid dienone is 1. The number of aliphatic hydroxyl groups excluding tert-OH is 1. The van der Waals surface area contributed by atoms with E-state index in [0.29, 0.717) is 0 Å². The third-order valence-corrected chi connectivity index (χ3v) is 5.33. The molecule has 2 heterocycles. The molecule has 0 aliphatic carbocycles. The number of aliphatic hydroxyl groups is 1. The third-order valence-electron chi connectivity index (χ3n) is 5.33. The molecule has 2 atom stereocenters. The van der Waals surface area contributed by atoms with E-state index in [2.05, 4.69) is 15.4 Å². The van der Waals surface area contributed by atoms with Crippen LogP contribution in [0.5, 0.6) is 0 Å². The topological polar surface area (TPSA) is 79.5 Å². The van der Waals surface area contributed by atoms with Gasteiger partial charge < -0.3 is 10.4 Å². The summed E-state index contributed by atoms with van der Waals surface area (Å²) in [6.45, 7) is -0.561. The summed E-state index contributed by atoms with van der Waals surface area (Å²) in [6, 6.07) is 10.4. The van der Waals surface area contributed by atoms with Gasteiger partial charge in [-0.3, -0.25) is 14.5 Å². The Morgan fingerprint density at radius 1 is 1.15 bits per heavy atom. The highest BCUT2D eigenvalue weighted by Crippen LogP contribution is 2.25. The average Bonchev–Trinajstić information content (AvgIpc) is 3.51. The maximum absolute atomic E-state index is 14.8. The van der Waals surface area contributed by atoms with E-state index < -0.39 is 30.5 Å². The van der Waals surface area contributed by atoms with Gasteiger partial charge in [-0.2, -0.15) is 5.10 Å². The molecule has 4 rings (SSSR count). The van der Waals surface area contributed by atoms with Crippen LogP contribution >= 0.6 is 0 Å². The fourth-order valence-electron chi connectivity index (χ4n) is 3.62. The van der Waals surface area contributed by atoms with E-state index in [9.17, 15) is 23.1 Å². The van der Waals surface area contributed by atoms with E-state index >= 15 is 0 Å². The van der Waals surface area contributed by atoms with Crippen LogP contribution < -0.4 is 5.32 Å². The molecule has 170 valence electrons. The molecule has 33 heavy (non-hydrogen) atoms. The first-order chi connectivity index (χ1) is 16.0. The van der Waals surface area contributed by atoms with Crippen LogP contribution in [-0.4, -0.2) is 51.9 Å². The summed E-state index contributed by atoms with van der Waals surface area (Å²) in [5.41, 5.74) is 1.73. The molecule has 1 aliphatic heterocycles. The van der Waals surface area contributed by atoms with Crippen LogP contribution in [-0.2, 0) is 6.54 Å². The Hall–Kier alpha value is -3.72. The fourth-order valence-corrected chi connectivity index (χ4v) is 3.62. The molecule has 0 saturated carbocycles. The molecule has 0 bridgehead atoms. The number of nitrogens with one attached hydrogen (secondary N) is 1. The molecule has 0 unspecified atom stereocenters. The van der Waals surface area contributed by atoms with E-state index in [1.54, 1.807) is 30.5 Å². The molecule has 0 radical (unpaired) electrons. The van der Waals surface area contributed by atoms with E-state index in [4.69, 9.17) is 0 Å². The summed E-state index contributed by atoms with van der Waals surface area (Å²) in [4.78, 5) is 17.4. The lowest BCUT2D eigenvalue weighted by atomic mass is 9.99. The van der Waals surface area contributed by atoms with Crippen molar-refractivity contribution in [3.8, 4) is 0 Å². The standard InChI is InChI=1S/C24H21F3N4O2/c25-17-7-5-15(6-8-17)16-11-21(28-12-16)23-18(3-1-4-19(23)26)24(33)30-22(20(27)14-32)13-31-10-2-9-29-31/h1-11,20,22,32H,12-14H2,(H,30,33)/t20-,22+/m1/s1. The van der Waals surface area contributed by atoms with Crippen molar-refractivity contribution in [3.05, 3.63) is 95.3 Å². The Morgan fingerprint density at radius 2 is 1.94 bits per heavy atom. The minimum atomic E-state index is -1.75. The number of amides is 1. The number of carbonyl (C=O) groups is 1. The lowest BCUT2D eigenvalue weighted by Gasteiger charge is -2.22. The van der Waals surface area contributed by atoms with E-state index in [1.807, 2.05) is 0 Å². The molecular formula is C24H21F3N4O2. The van der Waals surface area contributed by atoms with E-state index in [-0.39, 0.29) is 35.7 Å². The van der Waals surface area contributed by atoms with Crippen molar-refractivity contribution in [2.75, 3.05) is 13.2 Å². The largest absolute Gasteiger partial charge is 0.393 e. The zero-order valence-corrected chi connectivity index (χ0v) is 17.5. The van der Waals surface area contributed by atoms with Gasteiger partial charge in [-0.15, -0.1) is 0 Å². The van der Waals surface area contributed by atoms with Gasteiger partial charge in [-0.25, -0.2) is 13.2 Å². The second-order valence-electron chi connectivity index (χ2n) is 7.55.